The molecule has 0 saturated carbocycles. The fraction of sp³-hybridized carbons (Fsp3) is 0.281. The molecule has 230 valence electrons. The van der Waals surface area contributed by atoms with Crippen molar-refractivity contribution < 1.29 is 19.0 Å². The summed E-state index contributed by atoms with van der Waals surface area (Å²) < 4.78 is 20.0. The largest absolute Gasteiger partial charge is 0.493 e. The number of para-hydroxylation sites is 2. The van der Waals surface area contributed by atoms with Crippen LogP contribution in [0.15, 0.2) is 81.6 Å². The Bertz CT molecular complexity index is 1710. The number of hydrogen-bond donors (Lipinski definition) is 2. The molecule has 0 radical (unpaired) electrons. The van der Waals surface area contributed by atoms with Gasteiger partial charge in [0.25, 0.3) is 5.91 Å². The van der Waals surface area contributed by atoms with Gasteiger partial charge in [-0.2, -0.15) is 4.98 Å². The van der Waals surface area contributed by atoms with Crippen LogP contribution in [-0.4, -0.2) is 40.5 Å². The second-order valence-corrected chi connectivity index (χ2v) is 12.4. The third-order valence-electron chi connectivity index (χ3n) is 6.75. The standard InChI is InChI=1S/C32H33BrClN5O4S/c1-6-42-25-14-10-9-13-24(25)36-30(40)27-19(4)35-31-37-32(44-17-20-11-7-8-12-23(20)34)38-39(31)28(27)21-15-22(33)29(43-18(2)3)26(16-21)41-5/h7-16,18,28H,6,17H2,1-5H3,(H,36,40)(H,35,37,38). The highest BCUT2D eigenvalue weighted by atomic mass is 79.9. The number of carbonyl (C=O) groups is 1. The zero-order chi connectivity index (χ0) is 31.4. The lowest BCUT2D eigenvalue weighted by Gasteiger charge is -2.29. The van der Waals surface area contributed by atoms with Crippen LogP contribution in [0, 0.1) is 0 Å². The Morgan fingerprint density at radius 1 is 1.16 bits per heavy atom. The van der Waals surface area contributed by atoms with Crippen LogP contribution < -0.4 is 24.8 Å². The highest BCUT2D eigenvalue weighted by molar-refractivity contribution is 9.10. The predicted molar refractivity (Wildman–Crippen MR) is 178 cm³/mol. The average molecular weight is 699 g/mol. The van der Waals surface area contributed by atoms with Crippen molar-refractivity contribution in [2.75, 3.05) is 24.4 Å². The van der Waals surface area contributed by atoms with E-state index in [4.69, 9.17) is 35.9 Å². The topological polar surface area (TPSA) is 99.5 Å². The zero-order valence-electron chi connectivity index (χ0n) is 25.0. The number of amides is 1. The molecule has 4 aromatic rings. The van der Waals surface area contributed by atoms with Crippen molar-refractivity contribution in [3.8, 4) is 17.2 Å². The third kappa shape index (κ3) is 6.85. The summed E-state index contributed by atoms with van der Waals surface area (Å²) in [6.45, 7) is 8.12. The molecule has 12 heteroatoms. The summed E-state index contributed by atoms with van der Waals surface area (Å²) in [5, 5.41) is 12.4. The fourth-order valence-corrected chi connectivity index (χ4v) is 6.51. The summed E-state index contributed by atoms with van der Waals surface area (Å²) in [5.41, 5.74) is 3.40. The molecule has 44 heavy (non-hydrogen) atoms. The second kappa shape index (κ2) is 14.0. The van der Waals surface area contributed by atoms with E-state index in [2.05, 4.69) is 26.6 Å². The number of carbonyl (C=O) groups excluding carboxylic acids is 1. The van der Waals surface area contributed by atoms with E-state index < -0.39 is 6.04 Å². The highest BCUT2D eigenvalue weighted by Gasteiger charge is 2.36. The van der Waals surface area contributed by atoms with Crippen molar-refractivity contribution >= 4 is 56.8 Å². The molecule has 0 fully saturated rings. The SMILES string of the molecule is CCOc1ccccc1NC(=O)C1=C(C)Nc2nc(SCc3ccccc3Cl)nn2C1c1cc(Br)c(OC(C)C)c(OC)c1. The van der Waals surface area contributed by atoms with Gasteiger partial charge >= 0.3 is 0 Å². The molecular formula is C32H33BrClN5O4S. The molecule has 0 aliphatic carbocycles. The Morgan fingerprint density at radius 3 is 2.64 bits per heavy atom. The van der Waals surface area contributed by atoms with Gasteiger partial charge in [-0.05, 0) is 85.1 Å². The number of rotatable bonds is 11. The molecule has 2 N–H and O–H groups in total. The van der Waals surface area contributed by atoms with Gasteiger partial charge in [0.2, 0.25) is 11.1 Å². The summed E-state index contributed by atoms with van der Waals surface area (Å²) in [7, 11) is 1.59. The van der Waals surface area contributed by atoms with Crippen LogP contribution >= 0.6 is 39.3 Å². The van der Waals surface area contributed by atoms with Gasteiger partial charge in [0.15, 0.2) is 11.5 Å². The van der Waals surface area contributed by atoms with Crippen molar-refractivity contribution in [1.29, 1.82) is 0 Å². The maximum Gasteiger partial charge on any atom is 0.255 e. The molecule has 0 bridgehead atoms. The Hall–Kier alpha value is -3.67. The minimum atomic E-state index is -0.647. The number of aromatic nitrogens is 3. The molecule has 0 saturated heterocycles. The van der Waals surface area contributed by atoms with Gasteiger partial charge in [0.05, 0.1) is 35.6 Å². The minimum Gasteiger partial charge on any atom is -0.493 e. The van der Waals surface area contributed by atoms with Crippen LogP contribution in [0.4, 0.5) is 11.6 Å². The van der Waals surface area contributed by atoms with Crippen LogP contribution in [0.25, 0.3) is 0 Å². The Morgan fingerprint density at radius 2 is 1.91 bits per heavy atom. The summed E-state index contributed by atoms with van der Waals surface area (Å²) >= 11 is 11.5. The van der Waals surface area contributed by atoms with E-state index in [-0.39, 0.29) is 12.0 Å². The first-order valence-corrected chi connectivity index (χ1v) is 16.2. The van der Waals surface area contributed by atoms with Crippen molar-refractivity contribution in [1.82, 2.24) is 14.8 Å². The van der Waals surface area contributed by atoms with E-state index in [9.17, 15) is 4.79 Å². The molecule has 5 rings (SSSR count). The molecule has 1 unspecified atom stereocenters. The molecule has 1 amide bonds. The van der Waals surface area contributed by atoms with Gasteiger partial charge in [-0.3, -0.25) is 4.79 Å². The minimum absolute atomic E-state index is 0.0709. The Labute approximate surface area is 274 Å². The van der Waals surface area contributed by atoms with Crippen LogP contribution in [-0.2, 0) is 10.5 Å². The quantitative estimate of drug-likeness (QED) is 0.152. The van der Waals surface area contributed by atoms with E-state index in [1.807, 2.05) is 88.4 Å². The van der Waals surface area contributed by atoms with E-state index in [1.54, 1.807) is 11.8 Å². The van der Waals surface area contributed by atoms with Crippen molar-refractivity contribution in [2.45, 2.75) is 50.8 Å². The number of nitrogens with zero attached hydrogens (tertiary/aromatic N) is 3. The lowest BCUT2D eigenvalue weighted by molar-refractivity contribution is -0.113. The second-order valence-electron chi connectivity index (χ2n) is 10.2. The van der Waals surface area contributed by atoms with E-state index in [1.165, 1.54) is 11.8 Å². The fourth-order valence-electron chi connectivity index (χ4n) is 4.84. The van der Waals surface area contributed by atoms with Gasteiger partial charge in [-0.1, -0.05) is 53.7 Å². The van der Waals surface area contributed by atoms with Crippen LogP contribution in [0.3, 0.4) is 0 Å². The van der Waals surface area contributed by atoms with Crippen LogP contribution in [0.5, 0.6) is 17.2 Å². The smallest absolute Gasteiger partial charge is 0.255 e. The van der Waals surface area contributed by atoms with Crippen molar-refractivity contribution in [3.63, 3.8) is 0 Å². The molecule has 1 aliphatic rings. The lowest BCUT2D eigenvalue weighted by atomic mass is 9.94. The van der Waals surface area contributed by atoms with Gasteiger partial charge in [0, 0.05) is 16.5 Å². The molecule has 9 nitrogen and oxygen atoms in total. The zero-order valence-corrected chi connectivity index (χ0v) is 28.1. The van der Waals surface area contributed by atoms with E-state index in [0.29, 0.717) is 67.2 Å². The monoisotopic (exact) mass is 697 g/mol. The number of anilines is 2. The van der Waals surface area contributed by atoms with Crippen LogP contribution in [0.1, 0.15) is 44.9 Å². The van der Waals surface area contributed by atoms with Gasteiger partial charge in [-0.25, -0.2) is 4.68 Å². The molecule has 2 heterocycles. The molecule has 0 spiro atoms. The Balaban J connectivity index is 1.57. The number of halogens is 2. The maximum atomic E-state index is 14.1. The first-order chi connectivity index (χ1) is 21.2. The van der Waals surface area contributed by atoms with E-state index in [0.717, 1.165) is 11.1 Å². The summed E-state index contributed by atoms with van der Waals surface area (Å²) in [4.78, 5) is 18.9. The van der Waals surface area contributed by atoms with Crippen molar-refractivity contribution in [3.05, 3.63) is 92.6 Å². The molecule has 1 atom stereocenters. The number of methoxy groups -OCH3 is 1. The normalized spacial score (nSPS) is 14.2. The summed E-state index contributed by atoms with van der Waals surface area (Å²) in [6, 6.07) is 18.2. The van der Waals surface area contributed by atoms with Gasteiger partial charge in [0.1, 0.15) is 11.8 Å². The molecule has 1 aromatic heterocycles. The predicted octanol–water partition coefficient (Wildman–Crippen LogP) is 8.11. The lowest BCUT2D eigenvalue weighted by Crippen LogP contribution is -2.31. The number of ether oxygens (including phenoxy) is 3. The third-order valence-corrected chi connectivity index (χ3v) is 8.59. The number of hydrogen-bond acceptors (Lipinski definition) is 8. The Kier molecular flexibility index (Phi) is 10.1. The number of nitrogens with one attached hydrogen (secondary N) is 2. The van der Waals surface area contributed by atoms with E-state index >= 15 is 0 Å². The molecule has 3 aromatic carbocycles. The van der Waals surface area contributed by atoms with Gasteiger partial charge < -0.3 is 24.8 Å². The first-order valence-electron chi connectivity index (χ1n) is 14.1. The first kappa shape index (κ1) is 31.7. The number of thioether (sulfide) groups is 1. The number of fused-ring (bicyclic) bond motifs is 1. The van der Waals surface area contributed by atoms with Gasteiger partial charge in [-0.15, -0.1) is 5.10 Å². The average Bonchev–Trinajstić information content (AvgIpc) is 3.40. The molecular weight excluding hydrogens is 666 g/mol. The van der Waals surface area contributed by atoms with Crippen molar-refractivity contribution in [2.24, 2.45) is 0 Å². The maximum absolute atomic E-state index is 14.1. The summed E-state index contributed by atoms with van der Waals surface area (Å²) in [5.74, 6) is 2.47. The molecule has 1 aliphatic heterocycles. The highest BCUT2D eigenvalue weighted by Crippen LogP contribution is 2.44. The summed E-state index contributed by atoms with van der Waals surface area (Å²) in [6.07, 6.45) is -0.0709. The number of allylic oxidation sites excluding steroid dienone is 1. The number of benzene rings is 3. The van der Waals surface area contributed by atoms with Crippen LogP contribution in [0.2, 0.25) is 5.02 Å².